The van der Waals surface area contributed by atoms with Gasteiger partial charge in [0.2, 0.25) is 0 Å². The van der Waals surface area contributed by atoms with E-state index in [4.69, 9.17) is 4.42 Å². The third-order valence-corrected chi connectivity index (χ3v) is 2.48. The fraction of sp³-hybridized carbons (Fsp3) is 0.154. The quantitative estimate of drug-likeness (QED) is 0.929. The first-order chi connectivity index (χ1) is 8.97. The first-order valence-electron chi connectivity index (χ1n) is 5.44. The summed E-state index contributed by atoms with van der Waals surface area (Å²) in [5, 5.41) is 2.55. The zero-order valence-corrected chi connectivity index (χ0v) is 9.70. The SMILES string of the molecule is O=C(NCc1ccc(C(F)(F)F)cc1)c1ccco1. The second kappa shape index (κ2) is 5.17. The Hall–Kier alpha value is -2.24. The van der Waals surface area contributed by atoms with Gasteiger partial charge in [-0.15, -0.1) is 0 Å². The maximum Gasteiger partial charge on any atom is 0.416 e. The number of hydrogen-bond acceptors (Lipinski definition) is 2. The minimum Gasteiger partial charge on any atom is -0.459 e. The second-order valence-electron chi connectivity index (χ2n) is 3.85. The van der Waals surface area contributed by atoms with E-state index in [9.17, 15) is 18.0 Å². The summed E-state index contributed by atoms with van der Waals surface area (Å²) in [6, 6.07) is 7.69. The smallest absolute Gasteiger partial charge is 0.416 e. The molecule has 1 aromatic carbocycles. The van der Waals surface area contributed by atoms with Gasteiger partial charge in [-0.3, -0.25) is 4.79 Å². The fourth-order valence-corrected chi connectivity index (χ4v) is 1.49. The highest BCUT2D eigenvalue weighted by molar-refractivity contribution is 5.91. The molecule has 3 nitrogen and oxygen atoms in total. The zero-order chi connectivity index (χ0) is 13.9. The lowest BCUT2D eigenvalue weighted by Crippen LogP contribution is -2.22. The summed E-state index contributed by atoms with van der Waals surface area (Å²) in [5.41, 5.74) is -0.137. The van der Waals surface area contributed by atoms with Gasteiger partial charge in [0, 0.05) is 6.54 Å². The molecule has 0 radical (unpaired) electrons. The minimum atomic E-state index is -4.35. The van der Waals surface area contributed by atoms with Crippen molar-refractivity contribution in [3.05, 3.63) is 59.5 Å². The first-order valence-corrected chi connectivity index (χ1v) is 5.44. The maximum absolute atomic E-state index is 12.3. The van der Waals surface area contributed by atoms with Gasteiger partial charge in [0.15, 0.2) is 5.76 Å². The fourth-order valence-electron chi connectivity index (χ4n) is 1.49. The third-order valence-electron chi connectivity index (χ3n) is 2.48. The van der Waals surface area contributed by atoms with Crippen molar-refractivity contribution < 1.29 is 22.4 Å². The largest absolute Gasteiger partial charge is 0.459 e. The van der Waals surface area contributed by atoms with Crippen molar-refractivity contribution in [2.45, 2.75) is 12.7 Å². The van der Waals surface area contributed by atoms with E-state index in [1.165, 1.54) is 24.5 Å². The Morgan fingerprint density at radius 2 is 1.84 bits per heavy atom. The van der Waals surface area contributed by atoms with Crippen LogP contribution < -0.4 is 5.32 Å². The van der Waals surface area contributed by atoms with Crippen LogP contribution in [0.15, 0.2) is 47.1 Å². The van der Waals surface area contributed by atoms with E-state index in [-0.39, 0.29) is 12.3 Å². The normalized spacial score (nSPS) is 11.3. The highest BCUT2D eigenvalue weighted by atomic mass is 19.4. The lowest BCUT2D eigenvalue weighted by atomic mass is 10.1. The molecule has 100 valence electrons. The summed E-state index contributed by atoms with van der Waals surface area (Å²) in [6.45, 7) is 0.137. The van der Waals surface area contributed by atoms with Crippen LogP contribution in [-0.4, -0.2) is 5.91 Å². The van der Waals surface area contributed by atoms with Crippen LogP contribution in [-0.2, 0) is 12.7 Å². The van der Waals surface area contributed by atoms with Crippen molar-refractivity contribution in [1.29, 1.82) is 0 Å². The molecule has 2 rings (SSSR count). The zero-order valence-electron chi connectivity index (χ0n) is 9.70. The number of carbonyl (C=O) groups is 1. The molecule has 0 spiro atoms. The molecular formula is C13H10F3NO2. The summed E-state index contributed by atoms with van der Waals surface area (Å²) >= 11 is 0. The van der Waals surface area contributed by atoms with Gasteiger partial charge in [-0.1, -0.05) is 12.1 Å². The molecule has 0 aliphatic carbocycles. The third kappa shape index (κ3) is 3.37. The molecule has 0 aliphatic rings. The first kappa shape index (κ1) is 13.2. The number of furan rings is 1. The number of amides is 1. The Balaban J connectivity index is 1.95. The van der Waals surface area contributed by atoms with Crippen molar-refractivity contribution >= 4 is 5.91 Å². The van der Waals surface area contributed by atoms with Crippen LogP contribution in [0, 0.1) is 0 Å². The monoisotopic (exact) mass is 269 g/mol. The topological polar surface area (TPSA) is 42.2 Å². The van der Waals surface area contributed by atoms with Crippen LogP contribution in [0.5, 0.6) is 0 Å². The molecule has 0 fully saturated rings. The average molecular weight is 269 g/mol. The molecule has 0 atom stereocenters. The molecule has 2 aromatic rings. The molecule has 1 heterocycles. The molecule has 0 saturated carbocycles. The lowest BCUT2D eigenvalue weighted by Gasteiger charge is -2.08. The van der Waals surface area contributed by atoms with Crippen LogP contribution >= 0.6 is 0 Å². The van der Waals surface area contributed by atoms with Gasteiger partial charge in [-0.25, -0.2) is 0 Å². The summed E-state index contributed by atoms with van der Waals surface area (Å²) in [7, 11) is 0. The number of halogens is 3. The molecule has 0 unspecified atom stereocenters. The Morgan fingerprint density at radius 3 is 2.37 bits per heavy atom. The van der Waals surface area contributed by atoms with Crippen LogP contribution in [0.2, 0.25) is 0 Å². The van der Waals surface area contributed by atoms with Gasteiger partial charge in [0.1, 0.15) is 0 Å². The van der Waals surface area contributed by atoms with E-state index < -0.39 is 17.6 Å². The predicted octanol–water partition coefficient (Wildman–Crippen LogP) is 3.23. The molecule has 1 aromatic heterocycles. The molecule has 0 saturated heterocycles. The maximum atomic E-state index is 12.3. The number of hydrogen-bond donors (Lipinski definition) is 1. The molecule has 1 amide bonds. The molecule has 1 N–H and O–H groups in total. The average Bonchev–Trinajstić information content (AvgIpc) is 2.89. The van der Waals surface area contributed by atoms with Crippen molar-refractivity contribution in [2.75, 3.05) is 0 Å². The van der Waals surface area contributed by atoms with Gasteiger partial charge in [0.05, 0.1) is 11.8 Å². The van der Waals surface area contributed by atoms with Gasteiger partial charge >= 0.3 is 6.18 Å². The van der Waals surface area contributed by atoms with E-state index in [0.717, 1.165) is 12.1 Å². The van der Waals surface area contributed by atoms with Crippen molar-refractivity contribution in [1.82, 2.24) is 5.32 Å². The van der Waals surface area contributed by atoms with Crippen LogP contribution in [0.3, 0.4) is 0 Å². The van der Waals surface area contributed by atoms with Gasteiger partial charge in [-0.05, 0) is 29.8 Å². The van der Waals surface area contributed by atoms with Gasteiger partial charge in [-0.2, -0.15) is 13.2 Å². The number of carbonyl (C=O) groups excluding carboxylic acids is 1. The van der Waals surface area contributed by atoms with Crippen LogP contribution in [0.1, 0.15) is 21.7 Å². The molecular weight excluding hydrogens is 259 g/mol. The molecule has 6 heteroatoms. The van der Waals surface area contributed by atoms with E-state index in [1.807, 2.05) is 0 Å². The highest BCUT2D eigenvalue weighted by Crippen LogP contribution is 2.29. The van der Waals surface area contributed by atoms with Crippen molar-refractivity contribution in [3.63, 3.8) is 0 Å². The lowest BCUT2D eigenvalue weighted by molar-refractivity contribution is -0.137. The number of alkyl halides is 3. The predicted molar refractivity (Wildman–Crippen MR) is 61.3 cm³/mol. The summed E-state index contributed by atoms with van der Waals surface area (Å²) in [4.78, 5) is 11.5. The second-order valence-corrected chi connectivity index (χ2v) is 3.85. The Bertz CT molecular complexity index is 544. The minimum absolute atomic E-state index is 0.137. The molecule has 19 heavy (non-hydrogen) atoms. The summed E-state index contributed by atoms with van der Waals surface area (Å²) in [6.07, 6.45) is -2.98. The number of rotatable bonds is 3. The highest BCUT2D eigenvalue weighted by Gasteiger charge is 2.29. The Morgan fingerprint density at radius 1 is 1.16 bits per heavy atom. The Kier molecular flexibility index (Phi) is 3.59. The van der Waals surface area contributed by atoms with E-state index in [1.54, 1.807) is 6.07 Å². The van der Waals surface area contributed by atoms with Gasteiger partial charge in [0.25, 0.3) is 5.91 Å². The van der Waals surface area contributed by atoms with Crippen LogP contribution in [0.25, 0.3) is 0 Å². The number of nitrogens with one attached hydrogen (secondary N) is 1. The summed E-state index contributed by atoms with van der Waals surface area (Å²) in [5.74, 6) is -0.253. The number of benzene rings is 1. The van der Waals surface area contributed by atoms with Crippen LogP contribution in [0.4, 0.5) is 13.2 Å². The molecule has 0 aliphatic heterocycles. The summed E-state index contributed by atoms with van der Waals surface area (Å²) < 4.78 is 41.9. The van der Waals surface area contributed by atoms with Gasteiger partial charge < -0.3 is 9.73 Å². The van der Waals surface area contributed by atoms with E-state index in [0.29, 0.717) is 5.56 Å². The molecule has 0 bridgehead atoms. The van der Waals surface area contributed by atoms with E-state index >= 15 is 0 Å². The Labute approximate surface area is 107 Å². The van der Waals surface area contributed by atoms with Crippen molar-refractivity contribution in [3.8, 4) is 0 Å². The van der Waals surface area contributed by atoms with Crippen molar-refractivity contribution in [2.24, 2.45) is 0 Å². The standard InChI is InChI=1S/C13H10F3NO2/c14-13(15,16)10-5-3-9(4-6-10)8-17-12(18)11-2-1-7-19-11/h1-7H,8H2,(H,17,18). The van der Waals surface area contributed by atoms with E-state index in [2.05, 4.69) is 5.32 Å².